The maximum absolute atomic E-state index is 12.9. The van der Waals surface area contributed by atoms with Crippen molar-refractivity contribution in [3.05, 3.63) is 0 Å². The third kappa shape index (κ3) is 2.13. The molecule has 30 heavy (non-hydrogen) atoms. The highest BCUT2D eigenvalue weighted by molar-refractivity contribution is 5.73. The number of methoxy groups -OCH3 is 2. The van der Waals surface area contributed by atoms with E-state index in [0.29, 0.717) is 29.1 Å². The van der Waals surface area contributed by atoms with Gasteiger partial charge in [0.05, 0.1) is 19.6 Å². The number of nitrogens with zero attached hydrogens (tertiary/aromatic N) is 1. The average Bonchev–Trinajstić information content (AvgIpc) is 3.23. The summed E-state index contributed by atoms with van der Waals surface area (Å²) in [6.45, 7) is 8.93. The van der Waals surface area contributed by atoms with Gasteiger partial charge in [0, 0.05) is 44.5 Å². The molecule has 5 heteroatoms. The fraction of sp³-hybridized carbons (Fsp3) is 0.960. The van der Waals surface area contributed by atoms with E-state index in [4.69, 9.17) is 14.2 Å². The minimum absolute atomic E-state index is 0.0501. The molecule has 7 fully saturated rings. The summed E-state index contributed by atoms with van der Waals surface area (Å²) >= 11 is 0. The quantitative estimate of drug-likeness (QED) is 0.655. The Bertz CT molecular complexity index is 743. The highest BCUT2D eigenvalue weighted by Crippen LogP contribution is 2.78. The molecule has 7 unspecified atom stereocenters. The summed E-state index contributed by atoms with van der Waals surface area (Å²) in [5.74, 6) is 1.93. The Hall–Kier alpha value is -0.650. The maximum Gasteiger partial charge on any atom is 0.308 e. The van der Waals surface area contributed by atoms with Crippen molar-refractivity contribution in [3.63, 3.8) is 0 Å². The monoisotopic (exact) mass is 417 g/mol. The fourth-order valence-corrected chi connectivity index (χ4v) is 10.2. The van der Waals surface area contributed by atoms with Crippen molar-refractivity contribution in [3.8, 4) is 0 Å². The van der Waals surface area contributed by atoms with Crippen molar-refractivity contribution >= 4 is 5.97 Å². The zero-order valence-electron chi connectivity index (χ0n) is 19.2. The first kappa shape index (κ1) is 20.0. The number of rotatable bonds is 3. The van der Waals surface area contributed by atoms with Gasteiger partial charge in [-0.1, -0.05) is 13.8 Å². The zero-order chi connectivity index (χ0) is 20.9. The van der Waals surface area contributed by atoms with Gasteiger partial charge in [0.15, 0.2) is 5.79 Å². The van der Waals surface area contributed by atoms with Crippen LogP contribution in [0.5, 0.6) is 0 Å². The molecule has 9 atom stereocenters. The predicted molar refractivity (Wildman–Crippen MR) is 113 cm³/mol. The summed E-state index contributed by atoms with van der Waals surface area (Å²) in [6.07, 6.45) is 8.41. The molecule has 7 rings (SSSR count). The molecule has 3 aliphatic carbocycles. The molecule has 5 nitrogen and oxygen atoms in total. The van der Waals surface area contributed by atoms with E-state index in [2.05, 4.69) is 18.7 Å². The molecule has 0 radical (unpaired) electrons. The average molecular weight is 418 g/mol. The van der Waals surface area contributed by atoms with Gasteiger partial charge in [-0.15, -0.1) is 0 Å². The van der Waals surface area contributed by atoms with Crippen LogP contribution in [0.4, 0.5) is 0 Å². The second kappa shape index (κ2) is 6.23. The highest BCUT2D eigenvalue weighted by atomic mass is 16.7. The number of esters is 1. The van der Waals surface area contributed by atoms with Gasteiger partial charge in [0.25, 0.3) is 0 Å². The van der Waals surface area contributed by atoms with Crippen LogP contribution in [0.3, 0.4) is 0 Å². The first-order valence-electron chi connectivity index (χ1n) is 12.3. The highest BCUT2D eigenvalue weighted by Gasteiger charge is 2.78. The third-order valence-electron chi connectivity index (χ3n) is 11.3. The SMILES string of the molecule is COC(=O)[C@@H]1C[C@@]23CN4CC(CCC5(CCC1C52)C4)C31CCC(OC)(C(C)C)OC1. The molecule has 4 aliphatic heterocycles. The smallest absolute Gasteiger partial charge is 0.308 e. The van der Waals surface area contributed by atoms with Crippen LogP contribution in [0.15, 0.2) is 0 Å². The van der Waals surface area contributed by atoms with Crippen LogP contribution in [-0.4, -0.2) is 57.1 Å². The van der Waals surface area contributed by atoms with Gasteiger partial charge in [-0.2, -0.15) is 0 Å². The number of carbonyl (C=O) groups is 1. The van der Waals surface area contributed by atoms with E-state index in [1.807, 2.05) is 7.11 Å². The lowest BCUT2D eigenvalue weighted by Crippen LogP contribution is -2.70. The molecule has 3 spiro atoms. The number of fused-ring (bicyclic) bond motifs is 1. The van der Waals surface area contributed by atoms with E-state index < -0.39 is 5.79 Å². The Kier molecular flexibility index (Phi) is 4.15. The molecule has 3 saturated carbocycles. The maximum atomic E-state index is 12.9. The number of hydrogen-bond acceptors (Lipinski definition) is 5. The molecular formula is C25H39NO4. The largest absolute Gasteiger partial charge is 0.469 e. The van der Waals surface area contributed by atoms with Gasteiger partial charge < -0.3 is 19.1 Å². The first-order valence-corrected chi connectivity index (χ1v) is 12.3. The second-order valence-electron chi connectivity index (χ2n) is 12.1. The lowest BCUT2D eigenvalue weighted by Gasteiger charge is -2.67. The van der Waals surface area contributed by atoms with Crippen LogP contribution in [0.1, 0.15) is 58.8 Å². The number of piperidine rings is 2. The van der Waals surface area contributed by atoms with Crippen molar-refractivity contribution in [1.29, 1.82) is 0 Å². The van der Waals surface area contributed by atoms with Crippen molar-refractivity contribution < 1.29 is 19.0 Å². The molecule has 168 valence electrons. The summed E-state index contributed by atoms with van der Waals surface area (Å²) in [6, 6.07) is 0. The predicted octanol–water partition coefficient (Wildman–Crippen LogP) is 3.71. The zero-order valence-corrected chi connectivity index (χ0v) is 19.2. The van der Waals surface area contributed by atoms with Gasteiger partial charge in [0.2, 0.25) is 0 Å². The van der Waals surface area contributed by atoms with Crippen molar-refractivity contribution in [1.82, 2.24) is 4.90 Å². The molecule has 4 saturated heterocycles. The van der Waals surface area contributed by atoms with E-state index in [9.17, 15) is 4.79 Å². The molecule has 4 heterocycles. The lowest BCUT2D eigenvalue weighted by atomic mass is 9.46. The Morgan fingerprint density at radius 3 is 2.53 bits per heavy atom. The van der Waals surface area contributed by atoms with Gasteiger partial charge >= 0.3 is 5.97 Å². The topological polar surface area (TPSA) is 48.0 Å². The van der Waals surface area contributed by atoms with Gasteiger partial charge in [-0.05, 0) is 67.1 Å². The van der Waals surface area contributed by atoms with E-state index in [1.54, 1.807) is 7.11 Å². The van der Waals surface area contributed by atoms with Crippen molar-refractivity contribution in [2.24, 2.45) is 45.8 Å². The van der Waals surface area contributed by atoms with Crippen LogP contribution in [0.25, 0.3) is 0 Å². The van der Waals surface area contributed by atoms with Gasteiger partial charge in [-0.25, -0.2) is 0 Å². The van der Waals surface area contributed by atoms with Crippen LogP contribution in [-0.2, 0) is 19.0 Å². The lowest BCUT2D eigenvalue weighted by molar-refractivity contribution is -0.323. The molecule has 0 aromatic rings. The van der Waals surface area contributed by atoms with Crippen LogP contribution in [0, 0.1) is 45.8 Å². The van der Waals surface area contributed by atoms with Crippen molar-refractivity contribution in [2.75, 3.05) is 40.5 Å². The third-order valence-corrected chi connectivity index (χ3v) is 11.3. The number of hydrogen-bond donors (Lipinski definition) is 0. The molecule has 0 aromatic heterocycles. The molecular weight excluding hydrogens is 378 g/mol. The summed E-state index contributed by atoms with van der Waals surface area (Å²) in [4.78, 5) is 15.7. The molecule has 0 amide bonds. The molecule has 0 N–H and O–H groups in total. The number of carbonyl (C=O) groups excluding carboxylic acids is 1. The Morgan fingerprint density at radius 1 is 1.07 bits per heavy atom. The Labute approximate surface area is 181 Å². The minimum atomic E-state index is -0.446. The van der Waals surface area contributed by atoms with Crippen LogP contribution < -0.4 is 0 Å². The summed E-state index contributed by atoms with van der Waals surface area (Å²) in [5, 5.41) is 0. The summed E-state index contributed by atoms with van der Waals surface area (Å²) in [7, 11) is 3.40. The van der Waals surface area contributed by atoms with E-state index >= 15 is 0 Å². The standard InChI is InChI=1S/C25H39NO4/c1-16(2)25(29-4)10-9-23(15-30-25)17-5-7-22-8-6-18-19(21(27)28-3)11-24(23,20(18)22)14-26(12-17)13-22/h16-20H,5-15H2,1-4H3/t17?,18?,19-,20?,22?,23?,24-,25?/m1/s1. The minimum Gasteiger partial charge on any atom is -0.469 e. The van der Waals surface area contributed by atoms with Crippen molar-refractivity contribution in [2.45, 2.75) is 64.6 Å². The second-order valence-corrected chi connectivity index (χ2v) is 12.1. The van der Waals surface area contributed by atoms with E-state index in [0.717, 1.165) is 19.4 Å². The Morgan fingerprint density at radius 2 is 1.87 bits per heavy atom. The van der Waals surface area contributed by atoms with E-state index in [1.165, 1.54) is 51.7 Å². The normalized spacial score (nSPS) is 55.8. The number of ether oxygens (including phenoxy) is 3. The van der Waals surface area contributed by atoms with Gasteiger partial charge in [-0.3, -0.25) is 4.79 Å². The summed E-state index contributed by atoms with van der Waals surface area (Å²) in [5.41, 5.74) is 0.831. The Balaban J connectivity index is 1.46. The van der Waals surface area contributed by atoms with E-state index in [-0.39, 0.29) is 22.7 Å². The first-order chi connectivity index (χ1) is 14.4. The summed E-state index contributed by atoms with van der Waals surface area (Å²) < 4.78 is 18.1. The van der Waals surface area contributed by atoms with Crippen LogP contribution >= 0.6 is 0 Å². The van der Waals surface area contributed by atoms with Crippen LogP contribution in [0.2, 0.25) is 0 Å². The molecule has 4 bridgehead atoms. The molecule has 7 aliphatic rings. The van der Waals surface area contributed by atoms with Gasteiger partial charge in [0.1, 0.15) is 0 Å². The fourth-order valence-electron chi connectivity index (χ4n) is 10.2. The molecule has 0 aromatic carbocycles.